The summed E-state index contributed by atoms with van der Waals surface area (Å²) in [6.07, 6.45) is 4.25. The molecule has 17 heavy (non-hydrogen) atoms. The largest absolute Gasteiger partial charge is 0.393 e. The van der Waals surface area contributed by atoms with Crippen LogP contribution in [-0.2, 0) is 0 Å². The molecule has 1 fully saturated rings. The number of aliphatic hydroxyl groups is 1. The van der Waals surface area contributed by atoms with Gasteiger partial charge < -0.3 is 10.0 Å². The second-order valence-electron chi connectivity index (χ2n) is 4.53. The van der Waals surface area contributed by atoms with E-state index in [1.165, 1.54) is 0 Å². The predicted octanol–water partition coefficient (Wildman–Crippen LogP) is 3.13. The average molecular weight is 275 g/mol. The summed E-state index contributed by atoms with van der Waals surface area (Å²) in [6, 6.07) is 2.03. The highest BCUT2D eigenvalue weighted by molar-refractivity contribution is 6.36. The predicted molar refractivity (Wildman–Crippen MR) is 70.9 cm³/mol. The van der Waals surface area contributed by atoms with Gasteiger partial charge in [0.1, 0.15) is 5.82 Å². The maximum absolute atomic E-state index is 9.49. The molecule has 1 N–H and O–H groups in total. The van der Waals surface area contributed by atoms with Gasteiger partial charge in [0.2, 0.25) is 0 Å². The standard InChI is InChI=1S/C12H16Cl2N2O/c1-8(17)5-10-3-2-4-16(10)12-11(14)6-9(13)7-15-12/h6-8,10,17H,2-5H2,1H3/t8-,10-/m1/s1. The molecule has 0 saturated carbocycles. The van der Waals surface area contributed by atoms with E-state index in [2.05, 4.69) is 9.88 Å². The summed E-state index contributed by atoms with van der Waals surface area (Å²) in [4.78, 5) is 6.47. The van der Waals surface area contributed by atoms with E-state index in [1.54, 1.807) is 12.3 Å². The molecule has 0 radical (unpaired) electrons. The molecule has 0 amide bonds. The van der Waals surface area contributed by atoms with Crippen molar-refractivity contribution >= 4 is 29.0 Å². The van der Waals surface area contributed by atoms with Crippen molar-refractivity contribution in [1.29, 1.82) is 0 Å². The molecule has 5 heteroatoms. The molecule has 1 saturated heterocycles. The number of anilines is 1. The summed E-state index contributed by atoms with van der Waals surface area (Å²) in [5.41, 5.74) is 0. The van der Waals surface area contributed by atoms with E-state index in [1.807, 2.05) is 6.92 Å². The molecule has 0 aliphatic carbocycles. The van der Waals surface area contributed by atoms with Crippen molar-refractivity contribution in [3.63, 3.8) is 0 Å². The van der Waals surface area contributed by atoms with E-state index < -0.39 is 0 Å². The van der Waals surface area contributed by atoms with Gasteiger partial charge >= 0.3 is 0 Å². The quantitative estimate of drug-likeness (QED) is 0.920. The van der Waals surface area contributed by atoms with Crippen molar-refractivity contribution in [3.05, 3.63) is 22.3 Å². The number of aromatic nitrogens is 1. The van der Waals surface area contributed by atoms with Gasteiger partial charge in [-0.25, -0.2) is 4.98 Å². The van der Waals surface area contributed by atoms with Crippen LogP contribution in [0.4, 0.5) is 5.82 Å². The van der Waals surface area contributed by atoms with Crippen molar-refractivity contribution in [2.75, 3.05) is 11.4 Å². The smallest absolute Gasteiger partial charge is 0.147 e. The molecule has 1 aromatic rings. The van der Waals surface area contributed by atoms with Crippen molar-refractivity contribution in [1.82, 2.24) is 4.98 Å². The first-order valence-electron chi connectivity index (χ1n) is 5.83. The highest BCUT2D eigenvalue weighted by Gasteiger charge is 2.28. The SMILES string of the molecule is C[C@@H](O)C[C@H]1CCCN1c1ncc(Cl)cc1Cl. The molecular formula is C12H16Cl2N2O. The van der Waals surface area contributed by atoms with Gasteiger partial charge in [-0.15, -0.1) is 0 Å². The van der Waals surface area contributed by atoms with Gasteiger partial charge in [0.15, 0.2) is 0 Å². The summed E-state index contributed by atoms with van der Waals surface area (Å²) in [5, 5.41) is 10.6. The molecule has 2 atom stereocenters. The lowest BCUT2D eigenvalue weighted by atomic mass is 10.1. The van der Waals surface area contributed by atoms with Crippen LogP contribution < -0.4 is 4.90 Å². The number of pyridine rings is 1. The van der Waals surface area contributed by atoms with Gasteiger partial charge in [-0.3, -0.25) is 0 Å². The molecule has 2 rings (SSSR count). The van der Waals surface area contributed by atoms with Gasteiger partial charge in [0, 0.05) is 18.8 Å². The van der Waals surface area contributed by atoms with Crippen LogP contribution in [0, 0.1) is 0 Å². The van der Waals surface area contributed by atoms with Crippen LogP contribution in [-0.4, -0.2) is 28.8 Å². The third kappa shape index (κ3) is 3.03. The number of halogens is 2. The Labute approximate surface area is 111 Å². The maximum Gasteiger partial charge on any atom is 0.147 e. The Morgan fingerprint density at radius 3 is 3.00 bits per heavy atom. The summed E-state index contributed by atoms with van der Waals surface area (Å²) in [6.45, 7) is 2.75. The van der Waals surface area contributed by atoms with Crippen LogP contribution in [0.15, 0.2) is 12.3 Å². The fraction of sp³-hybridized carbons (Fsp3) is 0.583. The van der Waals surface area contributed by atoms with Crippen LogP contribution in [0.2, 0.25) is 10.0 Å². The molecule has 0 spiro atoms. The van der Waals surface area contributed by atoms with Gasteiger partial charge in [-0.2, -0.15) is 0 Å². The summed E-state index contributed by atoms with van der Waals surface area (Å²) in [5.74, 6) is 0.777. The van der Waals surface area contributed by atoms with Crippen molar-refractivity contribution < 1.29 is 5.11 Å². The molecule has 3 nitrogen and oxygen atoms in total. The Hall–Kier alpha value is -0.510. The number of hydrogen-bond donors (Lipinski definition) is 1. The first-order chi connectivity index (χ1) is 8.08. The number of rotatable bonds is 3. The van der Waals surface area contributed by atoms with E-state index in [0.717, 1.165) is 31.6 Å². The summed E-state index contributed by atoms with van der Waals surface area (Å²) < 4.78 is 0. The fourth-order valence-electron chi connectivity index (χ4n) is 2.37. The molecular weight excluding hydrogens is 259 g/mol. The second kappa shape index (κ2) is 5.42. The maximum atomic E-state index is 9.49. The Kier molecular flexibility index (Phi) is 4.13. The summed E-state index contributed by atoms with van der Waals surface area (Å²) in [7, 11) is 0. The van der Waals surface area contributed by atoms with Crippen molar-refractivity contribution in [2.45, 2.75) is 38.3 Å². The molecule has 1 aromatic heterocycles. The lowest BCUT2D eigenvalue weighted by molar-refractivity contribution is 0.175. The zero-order chi connectivity index (χ0) is 12.4. The van der Waals surface area contributed by atoms with Crippen LogP contribution in [0.5, 0.6) is 0 Å². The minimum Gasteiger partial charge on any atom is -0.393 e. The van der Waals surface area contributed by atoms with Crippen LogP contribution in [0.3, 0.4) is 0 Å². The highest BCUT2D eigenvalue weighted by atomic mass is 35.5. The van der Waals surface area contributed by atoms with Gasteiger partial charge in [-0.05, 0) is 32.3 Å². The Bertz CT molecular complexity index is 398. The molecule has 0 bridgehead atoms. The Morgan fingerprint density at radius 2 is 2.35 bits per heavy atom. The Morgan fingerprint density at radius 1 is 1.59 bits per heavy atom. The molecule has 2 heterocycles. The van der Waals surface area contributed by atoms with Gasteiger partial charge in [0.25, 0.3) is 0 Å². The monoisotopic (exact) mass is 274 g/mol. The minimum atomic E-state index is -0.299. The number of hydrogen-bond acceptors (Lipinski definition) is 3. The van der Waals surface area contributed by atoms with Crippen LogP contribution in [0.25, 0.3) is 0 Å². The number of nitrogens with zero attached hydrogens (tertiary/aromatic N) is 2. The van der Waals surface area contributed by atoms with E-state index in [9.17, 15) is 5.11 Å². The van der Waals surface area contributed by atoms with Gasteiger partial charge in [0.05, 0.1) is 16.1 Å². The second-order valence-corrected chi connectivity index (χ2v) is 5.38. The van der Waals surface area contributed by atoms with Crippen molar-refractivity contribution in [3.8, 4) is 0 Å². The first-order valence-corrected chi connectivity index (χ1v) is 6.59. The van der Waals surface area contributed by atoms with Crippen LogP contribution in [0.1, 0.15) is 26.2 Å². The fourth-order valence-corrected chi connectivity index (χ4v) is 2.86. The van der Waals surface area contributed by atoms with Gasteiger partial charge in [-0.1, -0.05) is 23.2 Å². The zero-order valence-electron chi connectivity index (χ0n) is 9.74. The zero-order valence-corrected chi connectivity index (χ0v) is 11.2. The number of aliphatic hydroxyl groups excluding tert-OH is 1. The Balaban J connectivity index is 2.20. The highest BCUT2D eigenvalue weighted by Crippen LogP contribution is 2.32. The molecule has 0 unspecified atom stereocenters. The molecule has 1 aliphatic heterocycles. The lowest BCUT2D eigenvalue weighted by Crippen LogP contribution is -2.32. The van der Waals surface area contributed by atoms with E-state index in [4.69, 9.17) is 23.2 Å². The molecule has 94 valence electrons. The topological polar surface area (TPSA) is 36.4 Å². The lowest BCUT2D eigenvalue weighted by Gasteiger charge is -2.27. The van der Waals surface area contributed by atoms with E-state index >= 15 is 0 Å². The molecule has 1 aliphatic rings. The van der Waals surface area contributed by atoms with Crippen LogP contribution >= 0.6 is 23.2 Å². The minimum absolute atomic E-state index is 0.299. The average Bonchev–Trinajstić information content (AvgIpc) is 2.65. The third-order valence-corrected chi connectivity index (χ3v) is 3.54. The summed E-state index contributed by atoms with van der Waals surface area (Å²) >= 11 is 12.0. The molecule has 0 aromatic carbocycles. The first kappa shape index (κ1) is 12.9. The van der Waals surface area contributed by atoms with Crippen molar-refractivity contribution in [2.24, 2.45) is 0 Å². The third-order valence-electron chi connectivity index (χ3n) is 3.05. The van der Waals surface area contributed by atoms with E-state index in [0.29, 0.717) is 16.1 Å². The normalized spacial score (nSPS) is 21.9. The van der Waals surface area contributed by atoms with E-state index in [-0.39, 0.29) is 6.10 Å².